The number of nitrogens with one attached hydrogen (secondary N) is 1. The fraction of sp³-hybridized carbons (Fsp3) is 0.615. The maximum absolute atomic E-state index is 12.5. The van der Waals surface area contributed by atoms with Gasteiger partial charge in [0.15, 0.2) is 6.61 Å². The van der Waals surface area contributed by atoms with Crippen molar-refractivity contribution in [3.63, 3.8) is 0 Å². The summed E-state index contributed by atoms with van der Waals surface area (Å²) in [6.45, 7) is -0.691. The first-order valence-electron chi connectivity index (χ1n) is 7.05. The van der Waals surface area contributed by atoms with Gasteiger partial charge in [0.1, 0.15) is 4.90 Å². The first-order valence-corrected chi connectivity index (χ1v) is 8.49. The molecule has 0 aromatic carbocycles. The van der Waals surface area contributed by atoms with Crippen molar-refractivity contribution >= 4 is 10.0 Å². The molecule has 23 heavy (non-hydrogen) atoms. The Morgan fingerprint density at radius 1 is 1.35 bits per heavy atom. The molecule has 0 atom stereocenters. The Bertz CT molecular complexity index is 612. The minimum Gasteiger partial charge on any atom is -0.468 e. The van der Waals surface area contributed by atoms with Crippen molar-refractivity contribution in [1.29, 1.82) is 0 Å². The molecule has 1 aliphatic rings. The van der Waals surface area contributed by atoms with E-state index >= 15 is 0 Å². The number of hydrogen-bond donors (Lipinski definition) is 1. The van der Waals surface area contributed by atoms with Crippen molar-refractivity contribution in [3.05, 3.63) is 18.3 Å². The van der Waals surface area contributed by atoms with Gasteiger partial charge in [0, 0.05) is 25.2 Å². The smallest absolute Gasteiger partial charge is 0.422 e. The van der Waals surface area contributed by atoms with Crippen LogP contribution < -0.4 is 10.1 Å². The van der Waals surface area contributed by atoms with Crippen molar-refractivity contribution in [1.82, 2.24) is 14.6 Å². The summed E-state index contributed by atoms with van der Waals surface area (Å²) in [7, 11) is -1.86. The van der Waals surface area contributed by atoms with Crippen LogP contribution in [-0.4, -0.2) is 56.7 Å². The molecule has 10 heteroatoms. The molecule has 6 nitrogen and oxygen atoms in total. The minimum atomic E-state index is -4.47. The Balaban J connectivity index is 2.03. The Labute approximate surface area is 132 Å². The third-order valence-corrected chi connectivity index (χ3v) is 5.48. The van der Waals surface area contributed by atoms with Crippen LogP contribution in [0.1, 0.15) is 12.8 Å². The molecular weight excluding hydrogens is 335 g/mol. The molecule has 130 valence electrons. The quantitative estimate of drug-likeness (QED) is 0.866. The van der Waals surface area contributed by atoms with Gasteiger partial charge < -0.3 is 10.1 Å². The van der Waals surface area contributed by atoms with Gasteiger partial charge >= 0.3 is 6.18 Å². The molecule has 1 fully saturated rings. The lowest BCUT2D eigenvalue weighted by Gasteiger charge is -2.30. The second-order valence-corrected chi connectivity index (χ2v) is 7.14. The highest BCUT2D eigenvalue weighted by atomic mass is 32.2. The lowest BCUT2D eigenvalue weighted by molar-refractivity contribution is -0.154. The highest BCUT2D eigenvalue weighted by Gasteiger charge is 2.30. The first-order chi connectivity index (χ1) is 10.7. The highest BCUT2D eigenvalue weighted by molar-refractivity contribution is 7.89. The third kappa shape index (κ3) is 4.79. The molecule has 0 aliphatic carbocycles. The molecule has 1 N–H and O–H groups in total. The molecule has 2 rings (SSSR count). The van der Waals surface area contributed by atoms with E-state index in [4.69, 9.17) is 0 Å². The van der Waals surface area contributed by atoms with Gasteiger partial charge in [0.05, 0.1) is 6.20 Å². The largest absolute Gasteiger partial charge is 0.468 e. The number of pyridine rings is 1. The normalized spacial score (nSPS) is 18.1. The summed E-state index contributed by atoms with van der Waals surface area (Å²) in [5.74, 6) is -0.268. The molecule has 0 amide bonds. The number of sulfonamides is 1. The summed E-state index contributed by atoms with van der Waals surface area (Å²) in [5.41, 5.74) is 0. The van der Waals surface area contributed by atoms with E-state index in [9.17, 15) is 21.6 Å². The Hall–Kier alpha value is -1.39. The van der Waals surface area contributed by atoms with Crippen LogP contribution in [0.5, 0.6) is 5.88 Å². The van der Waals surface area contributed by atoms with Gasteiger partial charge in [-0.05, 0) is 26.0 Å². The van der Waals surface area contributed by atoms with Gasteiger partial charge in [-0.2, -0.15) is 17.5 Å². The molecule has 1 saturated heterocycles. The third-order valence-electron chi connectivity index (χ3n) is 3.59. The molecule has 2 heterocycles. The zero-order valence-corrected chi connectivity index (χ0v) is 13.3. The topological polar surface area (TPSA) is 71.5 Å². The summed E-state index contributed by atoms with van der Waals surface area (Å²) in [5, 5.41) is 3.11. The van der Waals surface area contributed by atoms with Gasteiger partial charge in [-0.25, -0.2) is 13.4 Å². The lowest BCUT2D eigenvalue weighted by atomic mass is 10.1. The number of halogens is 3. The summed E-state index contributed by atoms with van der Waals surface area (Å²) in [6, 6.07) is 2.62. The van der Waals surface area contributed by atoms with Crippen LogP contribution in [0.15, 0.2) is 23.2 Å². The fourth-order valence-electron chi connectivity index (χ4n) is 2.29. The van der Waals surface area contributed by atoms with E-state index in [0.717, 1.165) is 12.3 Å². The highest BCUT2D eigenvalue weighted by Crippen LogP contribution is 2.22. The number of ether oxygens (including phenoxy) is 1. The molecule has 1 aromatic heterocycles. The van der Waals surface area contributed by atoms with Gasteiger partial charge in [-0.15, -0.1) is 0 Å². The average molecular weight is 353 g/mol. The number of nitrogens with zero attached hydrogens (tertiary/aromatic N) is 2. The predicted octanol–water partition coefficient (Wildman–Crippen LogP) is 1.40. The van der Waals surface area contributed by atoms with E-state index < -0.39 is 22.8 Å². The van der Waals surface area contributed by atoms with Gasteiger partial charge in [0.25, 0.3) is 0 Å². The van der Waals surface area contributed by atoms with E-state index in [1.54, 1.807) is 0 Å². The molecule has 0 unspecified atom stereocenters. The molecule has 1 aliphatic heterocycles. The van der Waals surface area contributed by atoms with E-state index in [1.165, 1.54) is 10.4 Å². The number of rotatable bonds is 5. The van der Waals surface area contributed by atoms with Gasteiger partial charge in [-0.3, -0.25) is 0 Å². The van der Waals surface area contributed by atoms with Crippen LogP contribution >= 0.6 is 0 Å². The Morgan fingerprint density at radius 3 is 2.48 bits per heavy atom. The molecular formula is C13H18F3N3O3S. The van der Waals surface area contributed by atoms with E-state index in [0.29, 0.717) is 25.9 Å². The second kappa shape index (κ2) is 7.02. The van der Waals surface area contributed by atoms with E-state index in [-0.39, 0.29) is 16.8 Å². The zero-order chi connectivity index (χ0) is 17.1. The standard InChI is InChI=1S/C13H18F3N3O3S/c1-17-10-4-6-19(7-5-10)23(20,21)11-2-3-12(18-8-11)22-9-13(14,15)16/h2-3,8,10,17H,4-7,9H2,1H3. The lowest BCUT2D eigenvalue weighted by Crippen LogP contribution is -2.43. The first kappa shape index (κ1) is 18.0. The van der Waals surface area contributed by atoms with Crippen LogP contribution in [0.4, 0.5) is 13.2 Å². The van der Waals surface area contributed by atoms with Crippen LogP contribution in [0.2, 0.25) is 0 Å². The van der Waals surface area contributed by atoms with Crippen molar-refractivity contribution in [3.8, 4) is 5.88 Å². The number of aromatic nitrogens is 1. The van der Waals surface area contributed by atoms with Crippen molar-refractivity contribution < 1.29 is 26.3 Å². The second-order valence-electron chi connectivity index (χ2n) is 5.20. The zero-order valence-electron chi connectivity index (χ0n) is 12.5. The van der Waals surface area contributed by atoms with Crippen molar-refractivity contribution in [2.24, 2.45) is 0 Å². The number of alkyl halides is 3. The number of piperidine rings is 1. The summed E-state index contributed by atoms with van der Waals surface area (Å²) >= 11 is 0. The SMILES string of the molecule is CNC1CCN(S(=O)(=O)c2ccc(OCC(F)(F)F)nc2)CC1. The molecule has 0 saturated carbocycles. The molecule has 0 radical (unpaired) electrons. The number of hydrogen-bond acceptors (Lipinski definition) is 5. The van der Waals surface area contributed by atoms with Gasteiger partial charge in [0.2, 0.25) is 15.9 Å². The Kier molecular flexibility index (Phi) is 5.48. The average Bonchev–Trinajstić information content (AvgIpc) is 2.53. The van der Waals surface area contributed by atoms with Crippen molar-refractivity contribution in [2.75, 3.05) is 26.7 Å². The Morgan fingerprint density at radius 2 is 2.00 bits per heavy atom. The van der Waals surface area contributed by atoms with E-state index in [1.807, 2.05) is 7.05 Å². The fourth-order valence-corrected chi connectivity index (χ4v) is 3.71. The van der Waals surface area contributed by atoms with Crippen LogP contribution in [0.3, 0.4) is 0 Å². The van der Waals surface area contributed by atoms with E-state index in [2.05, 4.69) is 15.0 Å². The monoisotopic (exact) mass is 353 g/mol. The van der Waals surface area contributed by atoms with Gasteiger partial charge in [-0.1, -0.05) is 0 Å². The molecule has 1 aromatic rings. The molecule has 0 bridgehead atoms. The summed E-state index contributed by atoms with van der Waals surface area (Å²) < 4.78 is 66.9. The van der Waals surface area contributed by atoms with Crippen molar-refractivity contribution in [2.45, 2.75) is 30.0 Å². The summed E-state index contributed by atoms with van der Waals surface area (Å²) in [4.78, 5) is 3.58. The predicted molar refractivity (Wildman–Crippen MR) is 76.6 cm³/mol. The van der Waals surface area contributed by atoms with Crippen LogP contribution in [-0.2, 0) is 10.0 Å². The maximum Gasteiger partial charge on any atom is 0.422 e. The summed E-state index contributed by atoms with van der Waals surface area (Å²) in [6.07, 6.45) is -2.04. The maximum atomic E-state index is 12.5. The van der Waals surface area contributed by atoms with Crippen LogP contribution in [0, 0.1) is 0 Å². The molecule has 0 spiro atoms. The van der Waals surface area contributed by atoms with Crippen LogP contribution in [0.25, 0.3) is 0 Å². The minimum absolute atomic E-state index is 0.0558.